The van der Waals surface area contributed by atoms with E-state index in [0.717, 1.165) is 18.2 Å². The number of fused-ring (bicyclic) bond motifs is 4. The summed E-state index contributed by atoms with van der Waals surface area (Å²) >= 11 is 0. The smallest absolute Gasteiger partial charge is 0.354 e. The number of aromatic nitrogens is 1. The lowest BCUT2D eigenvalue weighted by molar-refractivity contribution is -0.394. The number of nitrogens with one attached hydrogen (secondary N) is 2. The topological polar surface area (TPSA) is 398 Å². The number of rotatable bonds is 7. The summed E-state index contributed by atoms with van der Waals surface area (Å²) in [5.41, 5.74) is -1.26. The number of carbonyl (C=O) groups excluding carboxylic acids is 1. The van der Waals surface area contributed by atoms with E-state index in [1.54, 1.807) is 30.5 Å². The minimum Gasteiger partial charge on any atom is -0.507 e. The number of aliphatic hydroxyl groups excluding tert-OH is 6. The first kappa shape index (κ1) is 46.3. The van der Waals surface area contributed by atoms with Crippen molar-refractivity contribution in [1.29, 1.82) is 0 Å². The van der Waals surface area contributed by atoms with Crippen molar-refractivity contribution >= 4 is 22.9 Å². The number of dihydropyridines is 1. The molecule has 2 fully saturated rings. The number of aliphatic carboxylic acids is 1. The van der Waals surface area contributed by atoms with Gasteiger partial charge in [0.15, 0.2) is 23.0 Å². The molecule has 2 aromatic carbocycles. The van der Waals surface area contributed by atoms with Gasteiger partial charge in [0, 0.05) is 71.4 Å². The molecule has 5 aliphatic rings. The van der Waals surface area contributed by atoms with Crippen LogP contribution in [0.5, 0.6) is 23.0 Å². The van der Waals surface area contributed by atoms with Gasteiger partial charge in [0.1, 0.15) is 52.6 Å². The summed E-state index contributed by atoms with van der Waals surface area (Å²) in [6, 6.07) is 7.75. The van der Waals surface area contributed by atoms with E-state index in [2.05, 4.69) is 16.2 Å². The number of benzene rings is 2. The second-order valence-electron chi connectivity index (χ2n) is 16.9. The van der Waals surface area contributed by atoms with E-state index in [0.29, 0.717) is 11.3 Å². The number of carbonyl (C=O) groups is 2. The van der Waals surface area contributed by atoms with Crippen molar-refractivity contribution in [1.82, 2.24) is 10.3 Å². The fourth-order valence-corrected chi connectivity index (χ4v) is 9.10. The maximum atomic E-state index is 14.6. The first-order valence-electron chi connectivity index (χ1n) is 20.8. The number of aliphatic hydroxyl groups is 8. The summed E-state index contributed by atoms with van der Waals surface area (Å²) in [5, 5.41) is 135. The minimum atomic E-state index is -3.87. The third-order valence-electron chi connectivity index (χ3n) is 12.7. The molecule has 9 rings (SSSR count). The van der Waals surface area contributed by atoms with Crippen LogP contribution in [-0.4, -0.2) is 151 Å². The van der Waals surface area contributed by atoms with E-state index in [-0.39, 0.29) is 40.9 Å². The van der Waals surface area contributed by atoms with Gasteiger partial charge in [-0.3, -0.25) is 4.79 Å². The third kappa shape index (κ3) is 6.93. The van der Waals surface area contributed by atoms with E-state index in [1.807, 2.05) is 5.92 Å². The molecule has 2 spiro atoms. The fraction of sp³-hybridized carbons (Fsp3) is 0.356. The molecule has 68 heavy (non-hydrogen) atoms. The number of aromatic hydroxyl groups is 3. The van der Waals surface area contributed by atoms with E-state index < -0.39 is 136 Å². The predicted octanol–water partition coefficient (Wildman–Crippen LogP) is -2.51. The molecule has 5 aliphatic heterocycles. The van der Waals surface area contributed by atoms with Crippen LogP contribution in [0.25, 0.3) is 22.3 Å². The molecule has 11 atom stereocenters. The summed E-state index contributed by atoms with van der Waals surface area (Å²) in [7, 11) is 0. The van der Waals surface area contributed by atoms with Crippen molar-refractivity contribution < 1.29 is 94.2 Å². The average Bonchev–Trinajstić information content (AvgIpc) is 3.79. The van der Waals surface area contributed by atoms with Crippen molar-refractivity contribution in [3.63, 3.8) is 0 Å². The molecule has 16 N–H and O–H groups in total. The molecule has 0 aliphatic carbocycles. The number of ether oxygens (including phenoxy) is 4. The molecular formula is C45H43N3O20. The quantitative estimate of drug-likeness (QED) is 0.0299. The van der Waals surface area contributed by atoms with Crippen LogP contribution in [-0.2, 0) is 36.6 Å². The SMILES string of the molecule is NC1C=CC([C@@H]2C=C(Cc3ccc[nH]3)[C@]3(Oc4cc5oc(-c6cc(O)c(O)c(CCO)c6)cc(=O)c5c(O)c42)O[C@@]2(CC#C[C@]4(C(=O)O)O[C@H](OC2=O)[C@H](O)[C@@H](O)C4(O)O)[C@@H](O)[C@H](O)[C@H]3O)=CN1. The maximum absolute atomic E-state index is 14.6. The highest BCUT2D eigenvalue weighted by Gasteiger charge is 2.72. The number of H-pyrrole nitrogens is 1. The fourth-order valence-electron chi connectivity index (χ4n) is 9.10. The highest BCUT2D eigenvalue weighted by Crippen LogP contribution is 2.54. The number of aromatic amines is 1. The lowest BCUT2D eigenvalue weighted by atomic mass is 9.77. The highest BCUT2D eigenvalue weighted by molar-refractivity contribution is 5.90. The number of phenolic OH excluding ortho intramolecular Hbond substituents is 3. The van der Waals surface area contributed by atoms with Crippen LogP contribution in [0.1, 0.15) is 29.2 Å². The van der Waals surface area contributed by atoms with Gasteiger partial charge in [-0.15, -0.1) is 0 Å². The van der Waals surface area contributed by atoms with Gasteiger partial charge in [-0.05, 0) is 48.3 Å². The molecule has 2 aromatic heterocycles. The molecule has 2 bridgehead atoms. The second-order valence-corrected chi connectivity index (χ2v) is 16.9. The van der Waals surface area contributed by atoms with Crippen molar-refractivity contribution in [3.05, 3.63) is 105 Å². The Morgan fingerprint density at radius 3 is 2.41 bits per heavy atom. The number of carboxylic acids is 1. The first-order chi connectivity index (χ1) is 32.2. The van der Waals surface area contributed by atoms with Crippen molar-refractivity contribution in [2.45, 2.75) is 90.9 Å². The zero-order chi connectivity index (χ0) is 48.8. The van der Waals surface area contributed by atoms with Gasteiger partial charge in [-0.25, -0.2) is 9.59 Å². The van der Waals surface area contributed by atoms with Crippen LogP contribution < -0.4 is 21.2 Å². The van der Waals surface area contributed by atoms with Crippen LogP contribution in [0.2, 0.25) is 0 Å². The van der Waals surface area contributed by atoms with Crippen molar-refractivity contribution in [3.8, 4) is 46.2 Å². The number of nitrogens with two attached hydrogens (primary N) is 1. The molecular weight excluding hydrogens is 902 g/mol. The molecule has 2 saturated heterocycles. The monoisotopic (exact) mass is 945 g/mol. The summed E-state index contributed by atoms with van der Waals surface area (Å²) < 4.78 is 30.0. The number of hydrogen-bond donors (Lipinski definition) is 15. The Hall–Kier alpha value is -6.79. The Morgan fingerprint density at radius 1 is 0.971 bits per heavy atom. The summed E-state index contributed by atoms with van der Waals surface area (Å²) in [6.07, 6.45) is -10.2. The van der Waals surface area contributed by atoms with E-state index in [4.69, 9.17) is 29.1 Å². The molecule has 358 valence electrons. The predicted molar refractivity (Wildman–Crippen MR) is 225 cm³/mol. The molecule has 7 heterocycles. The van der Waals surface area contributed by atoms with Gasteiger partial charge in [0.25, 0.3) is 11.4 Å². The first-order valence-corrected chi connectivity index (χ1v) is 20.8. The number of allylic oxidation sites excluding steroid dienone is 3. The van der Waals surface area contributed by atoms with Crippen LogP contribution in [0.3, 0.4) is 0 Å². The van der Waals surface area contributed by atoms with Gasteiger partial charge in [-0.1, -0.05) is 18.1 Å². The van der Waals surface area contributed by atoms with Crippen LogP contribution in [0, 0.1) is 11.8 Å². The summed E-state index contributed by atoms with van der Waals surface area (Å²) in [5.74, 6) is -10.4. The highest BCUT2D eigenvalue weighted by atomic mass is 16.8. The standard InChI is InChI=1S/C45H43N3O20/c46-29-5-4-19(17-48-29)23-14-21(13-22-3-1-9-47-22)44(66-28-16-27-31(33(53)30(23)28)24(50)15-26(64-27)20-11-18(6-10-49)32(52)25(51)12-20)37(57)34(54)36(56)42(68-44)7-2-8-43(40(59)60)45(62,63)38(58)35(55)39(67-43)65-41(42)61/h1,3-5,9,11-12,14-17,23,29,34-39,47-49,51-58,62-63H,6-7,10,13,46H2,(H,59,60)/t23-,29?,34-,35+,36-,37+,38+,39-,42-,43+,44-/m0/s1. The molecule has 0 radical (unpaired) electrons. The Labute approximate surface area is 381 Å². The number of phenols is 3. The maximum Gasteiger partial charge on any atom is 0.354 e. The summed E-state index contributed by atoms with van der Waals surface area (Å²) in [4.78, 5) is 44.4. The Bertz CT molecular complexity index is 2950. The Morgan fingerprint density at radius 2 is 1.74 bits per heavy atom. The molecule has 1 unspecified atom stereocenters. The molecule has 23 heteroatoms. The van der Waals surface area contributed by atoms with Gasteiger partial charge in [-0.2, -0.15) is 0 Å². The summed E-state index contributed by atoms with van der Waals surface area (Å²) in [6.45, 7) is -0.425. The van der Waals surface area contributed by atoms with E-state index in [1.165, 1.54) is 18.3 Å². The van der Waals surface area contributed by atoms with Crippen LogP contribution in [0.15, 0.2) is 87.4 Å². The van der Waals surface area contributed by atoms with E-state index in [9.17, 15) is 75.7 Å². The van der Waals surface area contributed by atoms with Gasteiger partial charge < -0.3 is 101 Å². The van der Waals surface area contributed by atoms with Gasteiger partial charge in [0.2, 0.25) is 17.7 Å². The third-order valence-corrected chi connectivity index (χ3v) is 12.7. The van der Waals surface area contributed by atoms with E-state index >= 15 is 0 Å². The lowest BCUT2D eigenvalue weighted by Gasteiger charge is -2.53. The molecule has 0 saturated carbocycles. The zero-order valence-electron chi connectivity index (χ0n) is 35.0. The van der Waals surface area contributed by atoms with Crippen LogP contribution >= 0.6 is 0 Å². The largest absolute Gasteiger partial charge is 0.507 e. The van der Waals surface area contributed by atoms with Crippen molar-refractivity contribution in [2.24, 2.45) is 5.73 Å². The zero-order valence-corrected chi connectivity index (χ0v) is 35.0. The minimum absolute atomic E-state index is 0.0441. The number of hydrogen-bond acceptors (Lipinski definition) is 21. The number of esters is 1. The van der Waals surface area contributed by atoms with Gasteiger partial charge in [0.05, 0.1) is 12.6 Å². The Kier molecular flexibility index (Phi) is 11.2. The van der Waals surface area contributed by atoms with Crippen molar-refractivity contribution in [2.75, 3.05) is 6.61 Å². The molecule has 0 amide bonds. The Balaban J connectivity index is 1.30. The number of carboxylic acid groups (broad SMARTS) is 1. The van der Waals surface area contributed by atoms with Crippen LogP contribution in [0.4, 0.5) is 0 Å². The lowest BCUT2D eigenvalue weighted by Crippen LogP contribution is -2.76. The van der Waals surface area contributed by atoms with Gasteiger partial charge >= 0.3 is 11.9 Å². The normalized spacial score (nSPS) is 32.8. The average molecular weight is 946 g/mol. The molecule has 23 nitrogen and oxygen atoms in total. The molecule has 4 aromatic rings. The second kappa shape index (κ2) is 16.5.